The first kappa shape index (κ1) is 14.5. The van der Waals surface area contributed by atoms with Gasteiger partial charge in [0.25, 0.3) is 0 Å². The SMILES string of the molecule is CNCC1CCC(C)CC1Cc1ncnn1C(C)C. The molecule has 1 N–H and O–H groups in total. The lowest BCUT2D eigenvalue weighted by Gasteiger charge is -2.35. The van der Waals surface area contributed by atoms with E-state index in [-0.39, 0.29) is 0 Å². The molecular weight excluding hydrogens is 236 g/mol. The van der Waals surface area contributed by atoms with Crippen LogP contribution in [0.1, 0.15) is 51.9 Å². The van der Waals surface area contributed by atoms with Crippen LogP contribution in [0.5, 0.6) is 0 Å². The van der Waals surface area contributed by atoms with E-state index >= 15 is 0 Å². The molecule has 108 valence electrons. The molecule has 0 spiro atoms. The zero-order valence-electron chi connectivity index (χ0n) is 12.8. The van der Waals surface area contributed by atoms with Gasteiger partial charge in [-0.15, -0.1) is 0 Å². The molecule has 0 saturated heterocycles. The molecule has 1 aliphatic rings. The van der Waals surface area contributed by atoms with Crippen molar-refractivity contribution in [3.8, 4) is 0 Å². The number of nitrogens with one attached hydrogen (secondary N) is 1. The summed E-state index contributed by atoms with van der Waals surface area (Å²) in [4.78, 5) is 4.48. The van der Waals surface area contributed by atoms with Crippen molar-refractivity contribution >= 4 is 0 Å². The van der Waals surface area contributed by atoms with Crippen molar-refractivity contribution in [1.82, 2.24) is 20.1 Å². The van der Waals surface area contributed by atoms with E-state index in [2.05, 4.69) is 47.9 Å². The van der Waals surface area contributed by atoms with Gasteiger partial charge in [-0.05, 0) is 58.0 Å². The highest BCUT2D eigenvalue weighted by atomic mass is 15.3. The number of hydrogen-bond acceptors (Lipinski definition) is 3. The zero-order valence-corrected chi connectivity index (χ0v) is 12.8. The first-order chi connectivity index (χ1) is 9.11. The van der Waals surface area contributed by atoms with Gasteiger partial charge in [0.15, 0.2) is 0 Å². The van der Waals surface area contributed by atoms with E-state index in [0.29, 0.717) is 6.04 Å². The van der Waals surface area contributed by atoms with Crippen LogP contribution in [0.3, 0.4) is 0 Å². The Morgan fingerprint density at radius 2 is 2.16 bits per heavy atom. The maximum absolute atomic E-state index is 4.48. The Hall–Kier alpha value is -0.900. The van der Waals surface area contributed by atoms with Gasteiger partial charge in [-0.2, -0.15) is 5.10 Å². The molecule has 4 heteroatoms. The minimum Gasteiger partial charge on any atom is -0.319 e. The largest absolute Gasteiger partial charge is 0.319 e. The second kappa shape index (κ2) is 6.51. The fourth-order valence-electron chi connectivity index (χ4n) is 3.43. The van der Waals surface area contributed by atoms with Gasteiger partial charge in [-0.25, -0.2) is 9.67 Å². The van der Waals surface area contributed by atoms with Crippen LogP contribution in [-0.4, -0.2) is 28.4 Å². The summed E-state index contributed by atoms with van der Waals surface area (Å²) in [5.41, 5.74) is 0. The normalized spacial score (nSPS) is 27.9. The molecular formula is C15H28N4. The molecule has 19 heavy (non-hydrogen) atoms. The topological polar surface area (TPSA) is 42.7 Å². The maximum atomic E-state index is 4.48. The van der Waals surface area contributed by atoms with Crippen LogP contribution in [0.2, 0.25) is 0 Å². The lowest BCUT2D eigenvalue weighted by molar-refractivity contribution is 0.182. The molecule has 1 fully saturated rings. The van der Waals surface area contributed by atoms with E-state index in [1.165, 1.54) is 19.3 Å². The smallest absolute Gasteiger partial charge is 0.138 e. The second-order valence-electron chi connectivity index (χ2n) is 6.41. The van der Waals surface area contributed by atoms with Gasteiger partial charge >= 0.3 is 0 Å². The predicted octanol–water partition coefficient (Wildman–Crippen LogP) is 2.67. The van der Waals surface area contributed by atoms with E-state index in [9.17, 15) is 0 Å². The van der Waals surface area contributed by atoms with Gasteiger partial charge in [-0.1, -0.05) is 13.3 Å². The van der Waals surface area contributed by atoms with Crippen molar-refractivity contribution in [3.05, 3.63) is 12.2 Å². The Morgan fingerprint density at radius 3 is 2.84 bits per heavy atom. The molecule has 1 aromatic rings. The average Bonchev–Trinajstić information content (AvgIpc) is 2.81. The third-order valence-corrected chi connectivity index (χ3v) is 4.45. The van der Waals surface area contributed by atoms with E-state index in [1.54, 1.807) is 6.33 Å². The fraction of sp³-hybridized carbons (Fsp3) is 0.867. The van der Waals surface area contributed by atoms with Crippen LogP contribution in [0.25, 0.3) is 0 Å². The van der Waals surface area contributed by atoms with Crippen LogP contribution in [0.4, 0.5) is 0 Å². The Labute approximate surface area is 117 Å². The van der Waals surface area contributed by atoms with Crippen LogP contribution in [-0.2, 0) is 6.42 Å². The van der Waals surface area contributed by atoms with Crippen molar-refractivity contribution in [2.75, 3.05) is 13.6 Å². The van der Waals surface area contributed by atoms with Crippen molar-refractivity contribution in [2.24, 2.45) is 17.8 Å². The minimum atomic E-state index is 0.404. The standard InChI is InChI=1S/C15H28N4/c1-11(2)19-15(17-10-18-19)8-14-7-12(3)5-6-13(14)9-16-4/h10-14,16H,5-9H2,1-4H3. The molecule has 0 aliphatic heterocycles. The van der Waals surface area contributed by atoms with E-state index in [1.807, 2.05) is 0 Å². The number of hydrogen-bond donors (Lipinski definition) is 1. The van der Waals surface area contributed by atoms with Gasteiger partial charge in [0.1, 0.15) is 12.2 Å². The van der Waals surface area contributed by atoms with E-state index in [0.717, 1.165) is 36.5 Å². The molecule has 1 saturated carbocycles. The molecule has 3 unspecified atom stereocenters. The molecule has 0 bridgehead atoms. The summed E-state index contributed by atoms with van der Waals surface area (Å²) >= 11 is 0. The second-order valence-corrected chi connectivity index (χ2v) is 6.41. The highest BCUT2D eigenvalue weighted by Gasteiger charge is 2.29. The molecule has 2 rings (SSSR count). The predicted molar refractivity (Wildman–Crippen MR) is 78.0 cm³/mol. The van der Waals surface area contributed by atoms with E-state index in [4.69, 9.17) is 0 Å². The highest BCUT2D eigenvalue weighted by Crippen LogP contribution is 2.35. The fourth-order valence-corrected chi connectivity index (χ4v) is 3.43. The molecule has 0 amide bonds. The monoisotopic (exact) mass is 264 g/mol. The van der Waals surface area contributed by atoms with Crippen LogP contribution >= 0.6 is 0 Å². The third kappa shape index (κ3) is 3.56. The lowest BCUT2D eigenvalue weighted by Crippen LogP contribution is -2.33. The van der Waals surface area contributed by atoms with Crippen molar-refractivity contribution in [3.63, 3.8) is 0 Å². The lowest BCUT2D eigenvalue weighted by atomic mass is 9.73. The molecule has 0 aromatic carbocycles. The van der Waals surface area contributed by atoms with Crippen molar-refractivity contribution in [2.45, 2.75) is 52.5 Å². The average molecular weight is 264 g/mol. The molecule has 4 nitrogen and oxygen atoms in total. The molecule has 0 radical (unpaired) electrons. The zero-order chi connectivity index (χ0) is 13.8. The number of aromatic nitrogens is 3. The molecule has 3 atom stereocenters. The third-order valence-electron chi connectivity index (χ3n) is 4.45. The Kier molecular flexibility index (Phi) is 4.97. The van der Waals surface area contributed by atoms with Crippen LogP contribution in [0.15, 0.2) is 6.33 Å². The first-order valence-corrected chi connectivity index (χ1v) is 7.64. The summed E-state index contributed by atoms with van der Waals surface area (Å²) in [7, 11) is 2.06. The maximum Gasteiger partial charge on any atom is 0.138 e. The summed E-state index contributed by atoms with van der Waals surface area (Å²) in [5, 5.41) is 7.72. The van der Waals surface area contributed by atoms with Gasteiger partial charge in [0.2, 0.25) is 0 Å². The summed E-state index contributed by atoms with van der Waals surface area (Å²) in [6, 6.07) is 0.404. The summed E-state index contributed by atoms with van der Waals surface area (Å²) in [6.07, 6.45) is 6.84. The van der Waals surface area contributed by atoms with Crippen molar-refractivity contribution < 1.29 is 0 Å². The number of rotatable bonds is 5. The first-order valence-electron chi connectivity index (χ1n) is 7.64. The van der Waals surface area contributed by atoms with Gasteiger partial charge in [0, 0.05) is 12.5 Å². The number of nitrogens with zero attached hydrogens (tertiary/aromatic N) is 3. The van der Waals surface area contributed by atoms with Gasteiger partial charge in [0.05, 0.1) is 0 Å². The molecule has 1 aromatic heterocycles. The minimum absolute atomic E-state index is 0.404. The summed E-state index contributed by atoms with van der Waals surface area (Å²) in [5.74, 6) is 3.56. The molecule has 1 aliphatic carbocycles. The van der Waals surface area contributed by atoms with Crippen LogP contribution < -0.4 is 5.32 Å². The summed E-state index contributed by atoms with van der Waals surface area (Å²) < 4.78 is 2.08. The Balaban J connectivity index is 2.07. The van der Waals surface area contributed by atoms with Gasteiger partial charge < -0.3 is 5.32 Å². The highest BCUT2D eigenvalue weighted by molar-refractivity contribution is 4.93. The Bertz CT molecular complexity index is 385. The van der Waals surface area contributed by atoms with Crippen LogP contribution in [0, 0.1) is 17.8 Å². The Morgan fingerprint density at radius 1 is 1.37 bits per heavy atom. The molecule has 1 heterocycles. The summed E-state index contributed by atoms with van der Waals surface area (Å²) in [6.45, 7) is 7.86. The quantitative estimate of drug-likeness (QED) is 0.889. The van der Waals surface area contributed by atoms with Crippen molar-refractivity contribution in [1.29, 1.82) is 0 Å². The van der Waals surface area contributed by atoms with E-state index < -0.39 is 0 Å². The van der Waals surface area contributed by atoms with Gasteiger partial charge in [-0.3, -0.25) is 0 Å².